The van der Waals surface area contributed by atoms with Crippen molar-refractivity contribution in [2.24, 2.45) is 16.6 Å². The van der Waals surface area contributed by atoms with E-state index in [4.69, 9.17) is 10.2 Å². The molecule has 1 saturated heterocycles. The van der Waals surface area contributed by atoms with E-state index in [0.717, 1.165) is 38.7 Å². The van der Waals surface area contributed by atoms with E-state index in [0.29, 0.717) is 18.2 Å². The molecule has 0 bridgehead atoms. The number of hydrogen-bond donors (Lipinski definition) is 2. The maximum absolute atomic E-state index is 11.0. The van der Waals surface area contributed by atoms with E-state index in [1.54, 1.807) is 19.2 Å². The van der Waals surface area contributed by atoms with Gasteiger partial charge in [-0.05, 0) is 18.1 Å². The predicted molar refractivity (Wildman–Crippen MR) is 106 cm³/mol. The molecule has 2 rings (SSSR count). The standard InChI is InChI=1S/C16H27N5O2.HI/c1-12(2)11-20-6-8-21(9-7-20)16(18-3)19-10-13-4-5-14(23-13)15(17)22;/h4-5,12H,6-11H2,1-3H3,(H2,17,22)(H,18,19);1H. The van der Waals surface area contributed by atoms with Gasteiger partial charge in [0.05, 0.1) is 6.54 Å². The first-order valence-corrected chi connectivity index (χ1v) is 8.06. The molecule has 136 valence electrons. The van der Waals surface area contributed by atoms with Crippen LogP contribution >= 0.6 is 24.0 Å². The maximum atomic E-state index is 11.0. The molecule has 0 aromatic carbocycles. The maximum Gasteiger partial charge on any atom is 0.284 e. The number of rotatable bonds is 5. The van der Waals surface area contributed by atoms with Gasteiger partial charge in [0, 0.05) is 39.8 Å². The molecule has 2 heterocycles. The summed E-state index contributed by atoms with van der Waals surface area (Å²) in [6.45, 7) is 10.1. The van der Waals surface area contributed by atoms with E-state index in [-0.39, 0.29) is 29.7 Å². The molecule has 1 aromatic heterocycles. The Kier molecular flexibility index (Phi) is 8.54. The van der Waals surface area contributed by atoms with Crippen LogP contribution in [-0.2, 0) is 6.54 Å². The number of carbonyl (C=O) groups excluding carboxylic acids is 1. The van der Waals surface area contributed by atoms with Gasteiger partial charge in [-0.15, -0.1) is 24.0 Å². The van der Waals surface area contributed by atoms with Gasteiger partial charge in [0.15, 0.2) is 11.7 Å². The SMILES string of the molecule is CN=C(NCc1ccc(C(N)=O)o1)N1CCN(CC(C)C)CC1.I. The number of carbonyl (C=O) groups is 1. The van der Waals surface area contributed by atoms with Crippen molar-refractivity contribution < 1.29 is 9.21 Å². The van der Waals surface area contributed by atoms with Gasteiger partial charge in [-0.2, -0.15) is 0 Å². The van der Waals surface area contributed by atoms with Crippen LogP contribution in [-0.4, -0.2) is 61.4 Å². The minimum atomic E-state index is -0.554. The van der Waals surface area contributed by atoms with Crippen LogP contribution in [0, 0.1) is 5.92 Å². The largest absolute Gasteiger partial charge is 0.454 e. The first-order valence-electron chi connectivity index (χ1n) is 8.06. The fraction of sp³-hybridized carbons (Fsp3) is 0.625. The summed E-state index contributed by atoms with van der Waals surface area (Å²) in [6, 6.07) is 3.34. The van der Waals surface area contributed by atoms with Gasteiger partial charge in [-0.1, -0.05) is 13.8 Å². The second kappa shape index (κ2) is 9.87. The van der Waals surface area contributed by atoms with Gasteiger partial charge in [-0.3, -0.25) is 14.7 Å². The second-order valence-corrected chi connectivity index (χ2v) is 6.21. The second-order valence-electron chi connectivity index (χ2n) is 6.21. The highest BCUT2D eigenvalue weighted by atomic mass is 127. The molecule has 7 nitrogen and oxygen atoms in total. The Morgan fingerprint density at radius 3 is 2.50 bits per heavy atom. The minimum absolute atomic E-state index is 0. The Hall–Kier alpha value is -1.29. The highest BCUT2D eigenvalue weighted by Crippen LogP contribution is 2.08. The fourth-order valence-electron chi connectivity index (χ4n) is 2.76. The molecule has 0 radical (unpaired) electrons. The van der Waals surface area contributed by atoms with Gasteiger partial charge in [0.25, 0.3) is 5.91 Å². The molecule has 0 unspecified atom stereocenters. The lowest BCUT2D eigenvalue weighted by Crippen LogP contribution is -2.52. The highest BCUT2D eigenvalue weighted by molar-refractivity contribution is 14.0. The molecule has 0 atom stereocenters. The lowest BCUT2D eigenvalue weighted by molar-refractivity contribution is 0.0972. The summed E-state index contributed by atoms with van der Waals surface area (Å²) in [5.41, 5.74) is 5.18. The number of aliphatic imine (C=N–C) groups is 1. The summed E-state index contributed by atoms with van der Waals surface area (Å²) in [4.78, 5) is 20.1. The Bertz CT molecular complexity index is 550. The summed E-state index contributed by atoms with van der Waals surface area (Å²) in [5, 5.41) is 3.27. The number of nitrogens with two attached hydrogens (primary N) is 1. The zero-order chi connectivity index (χ0) is 16.8. The summed E-state index contributed by atoms with van der Waals surface area (Å²) in [6.07, 6.45) is 0. The number of guanidine groups is 1. The van der Waals surface area contributed by atoms with Crippen LogP contribution in [0.5, 0.6) is 0 Å². The molecule has 0 spiro atoms. The zero-order valence-corrected chi connectivity index (χ0v) is 16.9. The topological polar surface area (TPSA) is 87.1 Å². The van der Waals surface area contributed by atoms with Crippen LogP contribution < -0.4 is 11.1 Å². The molecule has 1 amide bonds. The summed E-state index contributed by atoms with van der Waals surface area (Å²) in [7, 11) is 1.78. The van der Waals surface area contributed by atoms with Gasteiger partial charge in [-0.25, -0.2) is 0 Å². The molecular weight excluding hydrogens is 421 g/mol. The number of nitrogens with zero attached hydrogens (tertiary/aromatic N) is 3. The van der Waals surface area contributed by atoms with Crippen molar-refractivity contribution in [2.45, 2.75) is 20.4 Å². The van der Waals surface area contributed by atoms with E-state index in [1.165, 1.54) is 0 Å². The third-order valence-electron chi connectivity index (χ3n) is 3.83. The Labute approximate surface area is 160 Å². The Balaban J connectivity index is 0.00000288. The quantitative estimate of drug-likeness (QED) is 0.403. The van der Waals surface area contributed by atoms with Crippen LogP contribution in [0.4, 0.5) is 0 Å². The van der Waals surface area contributed by atoms with Crippen LogP contribution in [0.25, 0.3) is 0 Å². The Morgan fingerprint density at radius 1 is 1.33 bits per heavy atom. The van der Waals surface area contributed by atoms with Gasteiger partial charge in [0.1, 0.15) is 5.76 Å². The van der Waals surface area contributed by atoms with E-state index in [2.05, 4.69) is 34.0 Å². The predicted octanol–water partition coefficient (Wildman–Crippen LogP) is 1.35. The van der Waals surface area contributed by atoms with Gasteiger partial charge >= 0.3 is 0 Å². The van der Waals surface area contributed by atoms with Crippen molar-refractivity contribution in [3.8, 4) is 0 Å². The third kappa shape index (κ3) is 5.97. The van der Waals surface area contributed by atoms with Crippen molar-refractivity contribution in [2.75, 3.05) is 39.8 Å². The smallest absolute Gasteiger partial charge is 0.284 e. The summed E-state index contributed by atoms with van der Waals surface area (Å²) >= 11 is 0. The normalized spacial score (nSPS) is 16.2. The summed E-state index contributed by atoms with van der Waals surface area (Å²) in [5.74, 6) is 1.84. The molecular formula is C16H28IN5O2. The van der Waals surface area contributed by atoms with E-state index in [9.17, 15) is 4.79 Å². The average molecular weight is 449 g/mol. The highest BCUT2D eigenvalue weighted by Gasteiger charge is 2.20. The molecule has 0 saturated carbocycles. The van der Waals surface area contributed by atoms with Crippen LogP contribution in [0.2, 0.25) is 0 Å². The van der Waals surface area contributed by atoms with E-state index < -0.39 is 5.91 Å². The number of hydrogen-bond acceptors (Lipinski definition) is 4. The van der Waals surface area contributed by atoms with Crippen LogP contribution in [0.15, 0.2) is 21.5 Å². The number of nitrogens with one attached hydrogen (secondary N) is 1. The molecule has 3 N–H and O–H groups in total. The molecule has 1 fully saturated rings. The van der Waals surface area contributed by atoms with Crippen molar-refractivity contribution in [3.63, 3.8) is 0 Å². The first-order chi connectivity index (χ1) is 11.0. The first kappa shape index (κ1) is 20.8. The van der Waals surface area contributed by atoms with Crippen molar-refractivity contribution in [1.29, 1.82) is 0 Å². The number of furan rings is 1. The molecule has 8 heteroatoms. The lowest BCUT2D eigenvalue weighted by atomic mass is 10.2. The number of piperazine rings is 1. The van der Waals surface area contributed by atoms with Crippen molar-refractivity contribution >= 4 is 35.8 Å². The molecule has 1 aromatic rings. The average Bonchev–Trinajstić information content (AvgIpc) is 2.98. The van der Waals surface area contributed by atoms with E-state index in [1.807, 2.05) is 0 Å². The lowest BCUT2D eigenvalue weighted by Gasteiger charge is -2.37. The number of primary amides is 1. The van der Waals surface area contributed by atoms with Crippen molar-refractivity contribution in [3.05, 3.63) is 23.7 Å². The Morgan fingerprint density at radius 2 is 2.00 bits per heavy atom. The van der Waals surface area contributed by atoms with Crippen LogP contribution in [0.3, 0.4) is 0 Å². The van der Waals surface area contributed by atoms with Gasteiger partial charge in [0.2, 0.25) is 0 Å². The fourth-order valence-corrected chi connectivity index (χ4v) is 2.76. The number of amides is 1. The van der Waals surface area contributed by atoms with Crippen LogP contribution in [0.1, 0.15) is 30.2 Å². The molecule has 24 heavy (non-hydrogen) atoms. The zero-order valence-electron chi connectivity index (χ0n) is 14.6. The minimum Gasteiger partial charge on any atom is -0.454 e. The number of halogens is 1. The van der Waals surface area contributed by atoms with Crippen molar-refractivity contribution in [1.82, 2.24) is 15.1 Å². The third-order valence-corrected chi connectivity index (χ3v) is 3.83. The summed E-state index contributed by atoms with van der Waals surface area (Å²) < 4.78 is 5.37. The van der Waals surface area contributed by atoms with E-state index >= 15 is 0 Å². The van der Waals surface area contributed by atoms with Gasteiger partial charge < -0.3 is 20.4 Å². The molecule has 0 aliphatic carbocycles. The molecule has 1 aliphatic heterocycles. The molecule has 1 aliphatic rings. The monoisotopic (exact) mass is 449 g/mol.